The predicted molar refractivity (Wildman–Crippen MR) is 188 cm³/mol. The maximum atomic E-state index is 13.9. The van der Waals surface area contributed by atoms with E-state index in [9.17, 15) is 14.9 Å². The number of hydrogen-bond donors (Lipinski definition) is 2. The number of nitrogens with zero attached hydrogens (tertiary/aromatic N) is 4. The SMILES string of the molecule is Cc1cccc(CSc2nnc(C(Cc3ccccc3)NC(=O)Nc3c(C(C)C)cccc3C(C)C)n2-c2ccc([N+](=O)[O-])cc2)c1. The Morgan fingerprint density at radius 3 is 2.11 bits per heavy atom. The first-order valence-corrected chi connectivity index (χ1v) is 16.7. The van der Waals surface area contributed by atoms with Crippen LogP contribution in [0.2, 0.25) is 0 Å². The highest BCUT2D eigenvalue weighted by molar-refractivity contribution is 7.98. The van der Waals surface area contributed by atoms with Gasteiger partial charge in [0.25, 0.3) is 5.69 Å². The lowest BCUT2D eigenvalue weighted by atomic mass is 9.93. The molecule has 0 aliphatic rings. The molecule has 0 saturated heterocycles. The molecule has 4 aromatic carbocycles. The maximum Gasteiger partial charge on any atom is 0.319 e. The number of rotatable bonds is 12. The van der Waals surface area contributed by atoms with Gasteiger partial charge in [0.15, 0.2) is 11.0 Å². The Morgan fingerprint density at radius 1 is 0.851 bits per heavy atom. The summed E-state index contributed by atoms with van der Waals surface area (Å²) in [5, 5.41) is 27.7. The minimum atomic E-state index is -0.581. The van der Waals surface area contributed by atoms with Gasteiger partial charge in [-0.1, -0.05) is 118 Å². The van der Waals surface area contributed by atoms with Crippen LogP contribution in [0.4, 0.5) is 16.2 Å². The van der Waals surface area contributed by atoms with Crippen LogP contribution in [0, 0.1) is 17.0 Å². The molecule has 242 valence electrons. The van der Waals surface area contributed by atoms with Crippen LogP contribution in [0.25, 0.3) is 5.69 Å². The summed E-state index contributed by atoms with van der Waals surface area (Å²) in [6.45, 7) is 10.5. The zero-order chi connectivity index (χ0) is 33.5. The van der Waals surface area contributed by atoms with Crippen LogP contribution >= 0.6 is 11.8 Å². The number of anilines is 1. The summed E-state index contributed by atoms with van der Waals surface area (Å²) in [5.41, 5.74) is 6.91. The van der Waals surface area contributed by atoms with Crippen molar-refractivity contribution >= 4 is 29.2 Å². The minimum absolute atomic E-state index is 0.0135. The molecule has 1 heterocycles. The topological polar surface area (TPSA) is 115 Å². The third-order valence-electron chi connectivity index (χ3n) is 7.94. The van der Waals surface area contributed by atoms with Crippen molar-refractivity contribution in [3.63, 3.8) is 0 Å². The standard InChI is InChI=1S/C37H40N6O3S/c1-24(2)31-15-10-16-32(25(3)4)34(31)39-36(44)38-33(22-27-12-7-6-8-13-27)35-40-41-37(47-23-28-14-9-11-26(5)21-28)42(35)29-17-19-30(20-18-29)43(45)46/h6-21,24-25,33H,22-23H2,1-5H3,(H2,38,39,44). The van der Waals surface area contributed by atoms with Gasteiger partial charge in [-0.15, -0.1) is 10.2 Å². The molecule has 1 atom stereocenters. The second-order valence-electron chi connectivity index (χ2n) is 12.2. The molecule has 9 nitrogen and oxygen atoms in total. The molecule has 2 N–H and O–H groups in total. The van der Waals surface area contributed by atoms with Crippen molar-refractivity contribution in [3.05, 3.63) is 141 Å². The molecule has 1 aromatic heterocycles. The van der Waals surface area contributed by atoms with E-state index in [1.54, 1.807) is 12.1 Å². The number of urea groups is 1. The molecule has 47 heavy (non-hydrogen) atoms. The molecule has 0 aliphatic heterocycles. The number of thioether (sulfide) groups is 1. The highest BCUT2D eigenvalue weighted by atomic mass is 32.2. The monoisotopic (exact) mass is 648 g/mol. The van der Waals surface area contributed by atoms with Crippen LogP contribution in [-0.4, -0.2) is 25.7 Å². The third-order valence-corrected chi connectivity index (χ3v) is 8.94. The lowest BCUT2D eigenvalue weighted by Crippen LogP contribution is -2.35. The van der Waals surface area contributed by atoms with Crippen molar-refractivity contribution in [2.24, 2.45) is 0 Å². The van der Waals surface area contributed by atoms with Crippen LogP contribution < -0.4 is 10.6 Å². The number of nitro groups is 1. The Kier molecular flexibility index (Phi) is 10.7. The largest absolute Gasteiger partial charge is 0.327 e. The van der Waals surface area contributed by atoms with E-state index in [2.05, 4.69) is 85.8 Å². The third kappa shape index (κ3) is 8.26. The quantitative estimate of drug-likeness (QED) is 0.0792. The van der Waals surface area contributed by atoms with Crippen LogP contribution in [0.1, 0.15) is 79.2 Å². The number of carbonyl (C=O) groups excluding carboxylic acids is 1. The van der Waals surface area contributed by atoms with Crippen LogP contribution in [-0.2, 0) is 12.2 Å². The lowest BCUT2D eigenvalue weighted by molar-refractivity contribution is -0.384. The Morgan fingerprint density at radius 2 is 1.49 bits per heavy atom. The molecule has 1 unspecified atom stereocenters. The number of nitrogens with one attached hydrogen (secondary N) is 2. The van der Waals surface area contributed by atoms with E-state index < -0.39 is 11.0 Å². The molecule has 2 amide bonds. The first-order valence-electron chi connectivity index (χ1n) is 15.7. The summed E-state index contributed by atoms with van der Waals surface area (Å²) in [6, 6.07) is 29.7. The molecule has 5 aromatic rings. The van der Waals surface area contributed by atoms with Crippen molar-refractivity contribution < 1.29 is 9.72 Å². The fourth-order valence-corrected chi connectivity index (χ4v) is 6.48. The minimum Gasteiger partial charge on any atom is -0.327 e. The van der Waals surface area contributed by atoms with E-state index in [0.717, 1.165) is 27.9 Å². The van der Waals surface area contributed by atoms with E-state index >= 15 is 0 Å². The van der Waals surface area contributed by atoms with Gasteiger partial charge in [-0.25, -0.2) is 4.79 Å². The molecule has 0 saturated carbocycles. The summed E-state index contributed by atoms with van der Waals surface area (Å²) in [7, 11) is 0. The molecular formula is C37H40N6O3S. The smallest absolute Gasteiger partial charge is 0.319 e. The van der Waals surface area contributed by atoms with Gasteiger partial charge in [0.2, 0.25) is 0 Å². The van der Waals surface area contributed by atoms with Gasteiger partial charge in [-0.05, 0) is 53.1 Å². The first kappa shape index (κ1) is 33.4. The second kappa shape index (κ2) is 15.1. The van der Waals surface area contributed by atoms with Crippen molar-refractivity contribution in [3.8, 4) is 5.69 Å². The van der Waals surface area contributed by atoms with Crippen molar-refractivity contribution in [1.82, 2.24) is 20.1 Å². The average molecular weight is 649 g/mol. The molecular weight excluding hydrogens is 609 g/mol. The van der Waals surface area contributed by atoms with E-state index in [1.807, 2.05) is 47.0 Å². The van der Waals surface area contributed by atoms with Gasteiger partial charge in [0, 0.05) is 35.7 Å². The summed E-state index contributed by atoms with van der Waals surface area (Å²) >= 11 is 1.52. The molecule has 0 radical (unpaired) electrons. The number of benzene rings is 4. The maximum absolute atomic E-state index is 13.9. The zero-order valence-corrected chi connectivity index (χ0v) is 28.1. The van der Waals surface area contributed by atoms with E-state index in [4.69, 9.17) is 0 Å². The summed E-state index contributed by atoms with van der Waals surface area (Å²) in [5.74, 6) is 1.59. The fraction of sp³-hybridized carbons (Fsp3) is 0.270. The number of aromatic nitrogens is 3. The highest BCUT2D eigenvalue weighted by Gasteiger charge is 2.26. The zero-order valence-electron chi connectivity index (χ0n) is 27.3. The van der Waals surface area contributed by atoms with Crippen LogP contribution in [0.15, 0.2) is 102 Å². The summed E-state index contributed by atoms with van der Waals surface area (Å²) in [6.07, 6.45) is 0.449. The number of aryl methyl sites for hydroxylation is 1. The van der Waals surface area contributed by atoms with Gasteiger partial charge in [-0.3, -0.25) is 14.7 Å². The number of non-ortho nitro benzene ring substituents is 1. The summed E-state index contributed by atoms with van der Waals surface area (Å²) in [4.78, 5) is 24.9. The van der Waals surface area contributed by atoms with E-state index in [0.29, 0.717) is 28.8 Å². The average Bonchev–Trinajstić information content (AvgIpc) is 3.48. The van der Waals surface area contributed by atoms with Crippen molar-refractivity contribution in [2.75, 3.05) is 5.32 Å². The predicted octanol–water partition coefficient (Wildman–Crippen LogP) is 9.13. The fourth-order valence-electron chi connectivity index (χ4n) is 5.58. The second-order valence-corrected chi connectivity index (χ2v) is 13.1. The molecule has 10 heteroatoms. The van der Waals surface area contributed by atoms with Gasteiger partial charge in [0.1, 0.15) is 0 Å². The summed E-state index contributed by atoms with van der Waals surface area (Å²) < 4.78 is 1.89. The number of nitro benzene ring substituents is 1. The Bertz CT molecular complexity index is 1810. The Labute approximate surface area is 280 Å². The number of amides is 2. The molecule has 0 fully saturated rings. The van der Waals surface area contributed by atoms with E-state index in [-0.39, 0.29) is 23.6 Å². The van der Waals surface area contributed by atoms with E-state index in [1.165, 1.54) is 29.5 Å². The van der Waals surface area contributed by atoms with Crippen molar-refractivity contribution in [1.29, 1.82) is 0 Å². The first-order chi connectivity index (χ1) is 22.6. The molecule has 0 aliphatic carbocycles. The number of carbonyl (C=O) groups is 1. The molecule has 5 rings (SSSR count). The molecule has 0 bridgehead atoms. The normalized spacial score (nSPS) is 11.9. The van der Waals surface area contributed by atoms with Crippen LogP contribution in [0.3, 0.4) is 0 Å². The highest BCUT2D eigenvalue weighted by Crippen LogP contribution is 2.33. The van der Waals surface area contributed by atoms with Gasteiger partial charge in [0.05, 0.1) is 11.0 Å². The van der Waals surface area contributed by atoms with Gasteiger partial charge in [-0.2, -0.15) is 0 Å². The molecule has 0 spiro atoms. The number of para-hydroxylation sites is 1. The van der Waals surface area contributed by atoms with Crippen LogP contribution in [0.5, 0.6) is 0 Å². The van der Waals surface area contributed by atoms with Gasteiger partial charge < -0.3 is 10.6 Å². The van der Waals surface area contributed by atoms with Crippen molar-refractivity contribution in [2.45, 2.75) is 69.8 Å². The number of hydrogen-bond acceptors (Lipinski definition) is 6. The Balaban J connectivity index is 1.55. The lowest BCUT2D eigenvalue weighted by Gasteiger charge is -2.23. The van der Waals surface area contributed by atoms with Gasteiger partial charge >= 0.3 is 6.03 Å². The Hall–Kier alpha value is -4.96.